The molecule has 1 saturated carbocycles. The Morgan fingerprint density at radius 1 is 0.723 bits per heavy atom. The Kier molecular flexibility index (Phi) is 12.3. The molecule has 1 fully saturated rings. The van der Waals surface area contributed by atoms with Crippen LogP contribution in [0.25, 0.3) is 0 Å². The topological polar surface area (TPSA) is 263 Å². The largest absolute Gasteiger partial charge is 0.480 e. The summed E-state index contributed by atoms with van der Waals surface area (Å²) in [6, 6.07) is 6.41. The molecule has 1 aliphatic carbocycles. The smallest absolute Gasteiger partial charge is 0.317 e. The molecule has 3 rings (SSSR count). The normalized spacial score (nSPS) is 18.6. The third-order valence-electron chi connectivity index (χ3n) is 7.69. The van der Waals surface area contributed by atoms with Crippen LogP contribution in [0.5, 0.6) is 0 Å². The quantitative estimate of drug-likeness (QED) is 0.0818. The van der Waals surface area contributed by atoms with Crippen LogP contribution in [-0.4, -0.2) is 157 Å². The Morgan fingerprint density at radius 2 is 1.19 bits per heavy atom. The Hall–Kier alpha value is -5.20. The summed E-state index contributed by atoms with van der Waals surface area (Å²) in [5, 5.41) is 49.7. The lowest BCUT2D eigenvalue weighted by atomic mass is 10.0. The molecular formula is C29H35N5O13. The minimum Gasteiger partial charge on any atom is -0.480 e. The summed E-state index contributed by atoms with van der Waals surface area (Å²) in [5.41, 5.74) is -0.166. The number of carbonyl (C=O) groups excluding carboxylic acids is 3. The van der Waals surface area contributed by atoms with Crippen molar-refractivity contribution in [1.29, 1.82) is 0 Å². The number of amides is 3. The summed E-state index contributed by atoms with van der Waals surface area (Å²) in [4.78, 5) is 98.2. The van der Waals surface area contributed by atoms with Crippen LogP contribution in [0, 0.1) is 0 Å². The fraction of sp³-hybridized carbons (Fsp3) is 0.448. The van der Waals surface area contributed by atoms with E-state index in [1.165, 1.54) is 9.80 Å². The second-order valence-electron chi connectivity index (χ2n) is 11.2. The van der Waals surface area contributed by atoms with Crippen LogP contribution in [-0.2, 0) is 38.4 Å². The minimum absolute atomic E-state index is 0.112. The first kappa shape index (κ1) is 36.3. The average Bonchev–Trinajstić information content (AvgIpc) is 3.59. The first-order valence-electron chi connectivity index (χ1n) is 14.3. The van der Waals surface area contributed by atoms with E-state index in [2.05, 4.69) is 5.32 Å². The van der Waals surface area contributed by atoms with Crippen LogP contribution in [0.2, 0.25) is 0 Å². The van der Waals surface area contributed by atoms with Gasteiger partial charge in [0.2, 0.25) is 5.91 Å². The number of carboxylic acid groups (broad SMARTS) is 5. The number of aliphatic carboxylic acids is 5. The highest BCUT2D eigenvalue weighted by Crippen LogP contribution is 2.56. The van der Waals surface area contributed by atoms with Crippen molar-refractivity contribution in [3.05, 3.63) is 42.0 Å². The highest BCUT2D eigenvalue weighted by molar-refractivity contribution is 6.13. The lowest BCUT2D eigenvalue weighted by Gasteiger charge is -2.35. The van der Waals surface area contributed by atoms with Crippen molar-refractivity contribution in [2.24, 2.45) is 0 Å². The number of hydrogen-bond donors (Lipinski definition) is 6. The maximum Gasteiger partial charge on any atom is 0.317 e. The molecule has 6 N–H and O–H groups in total. The van der Waals surface area contributed by atoms with Gasteiger partial charge in [0.15, 0.2) is 0 Å². The molecule has 1 heterocycles. The third kappa shape index (κ3) is 10.7. The summed E-state index contributed by atoms with van der Waals surface area (Å²) in [6.45, 7) is -3.72. The number of benzene rings is 1. The maximum absolute atomic E-state index is 12.4. The van der Waals surface area contributed by atoms with E-state index < -0.39 is 91.7 Å². The first-order chi connectivity index (χ1) is 22.1. The number of carboxylic acids is 5. The van der Waals surface area contributed by atoms with Gasteiger partial charge >= 0.3 is 29.8 Å². The zero-order valence-corrected chi connectivity index (χ0v) is 25.1. The lowest BCUT2D eigenvalue weighted by molar-refractivity contribution is -0.145. The zero-order valence-electron chi connectivity index (χ0n) is 25.1. The molecule has 0 aromatic heterocycles. The highest BCUT2D eigenvalue weighted by Gasteiger charge is 2.60. The summed E-state index contributed by atoms with van der Waals surface area (Å²) >= 11 is 0. The molecular weight excluding hydrogens is 626 g/mol. The highest BCUT2D eigenvalue weighted by atomic mass is 16.4. The molecule has 254 valence electrons. The van der Waals surface area contributed by atoms with Crippen LogP contribution in [0.1, 0.15) is 24.3 Å². The summed E-state index contributed by atoms with van der Waals surface area (Å²) in [7, 11) is 0. The van der Waals surface area contributed by atoms with Gasteiger partial charge in [-0.15, -0.1) is 0 Å². The van der Waals surface area contributed by atoms with E-state index in [4.69, 9.17) is 10.2 Å². The van der Waals surface area contributed by atoms with Crippen molar-refractivity contribution in [2.45, 2.75) is 24.3 Å². The standard InChI is InChI=1S/C29H35N5O13/c35-21(7-8-34-22(36)5-6-23(34)37)30-19-3-1-18(2-4-19)20-11-29(20,33(15-27(44)45)16-28(46)47)17-32(14-26(42)43)10-9-31(12-24(38)39)13-25(40)41/h1-6,20H,7-17H2,(H,30,35)(H,38,39)(H,40,41)(H,42,43)(H,44,45)(H,46,47). The molecule has 2 unspecified atom stereocenters. The van der Waals surface area contributed by atoms with E-state index in [-0.39, 0.29) is 39.0 Å². The molecule has 0 saturated heterocycles. The van der Waals surface area contributed by atoms with Gasteiger partial charge in [-0.1, -0.05) is 12.1 Å². The van der Waals surface area contributed by atoms with Gasteiger partial charge in [0.1, 0.15) is 0 Å². The second-order valence-corrected chi connectivity index (χ2v) is 11.2. The number of nitrogens with zero attached hydrogens (tertiary/aromatic N) is 4. The van der Waals surface area contributed by atoms with E-state index in [1.807, 2.05) is 0 Å². The van der Waals surface area contributed by atoms with Crippen LogP contribution < -0.4 is 5.32 Å². The third-order valence-corrected chi connectivity index (χ3v) is 7.69. The monoisotopic (exact) mass is 661 g/mol. The molecule has 2 atom stereocenters. The van der Waals surface area contributed by atoms with Gasteiger partial charge in [-0.05, 0) is 24.1 Å². The minimum atomic E-state index is -1.32. The lowest BCUT2D eigenvalue weighted by Crippen LogP contribution is -2.53. The molecule has 0 spiro atoms. The first-order valence-corrected chi connectivity index (χ1v) is 14.3. The molecule has 3 amide bonds. The van der Waals surface area contributed by atoms with E-state index in [0.29, 0.717) is 11.3 Å². The van der Waals surface area contributed by atoms with Crippen LogP contribution in [0.3, 0.4) is 0 Å². The maximum atomic E-state index is 12.4. The molecule has 18 heteroatoms. The summed E-state index contributed by atoms with van der Waals surface area (Å²) in [6.07, 6.45) is 2.30. The van der Waals surface area contributed by atoms with Crippen LogP contribution >= 0.6 is 0 Å². The van der Waals surface area contributed by atoms with Gasteiger partial charge in [-0.2, -0.15) is 0 Å². The van der Waals surface area contributed by atoms with Crippen molar-refractivity contribution in [2.75, 3.05) is 64.2 Å². The Bertz CT molecular complexity index is 1400. The number of rotatable bonds is 21. The molecule has 1 aliphatic heterocycles. The van der Waals surface area contributed by atoms with Gasteiger partial charge in [-0.25, -0.2) is 0 Å². The van der Waals surface area contributed by atoms with E-state index in [1.54, 1.807) is 24.3 Å². The van der Waals surface area contributed by atoms with Crippen molar-refractivity contribution in [3.63, 3.8) is 0 Å². The van der Waals surface area contributed by atoms with Gasteiger partial charge in [0.05, 0.1) is 32.7 Å². The molecule has 0 radical (unpaired) electrons. The molecule has 1 aromatic carbocycles. The van der Waals surface area contributed by atoms with E-state index >= 15 is 0 Å². The number of imide groups is 1. The average molecular weight is 662 g/mol. The van der Waals surface area contributed by atoms with Crippen molar-refractivity contribution in [3.8, 4) is 0 Å². The predicted octanol–water partition coefficient (Wildman–Crippen LogP) is -1.50. The number of anilines is 1. The Morgan fingerprint density at radius 3 is 1.68 bits per heavy atom. The van der Waals surface area contributed by atoms with Crippen LogP contribution in [0.15, 0.2) is 36.4 Å². The van der Waals surface area contributed by atoms with Gasteiger partial charge in [0.25, 0.3) is 11.8 Å². The molecule has 47 heavy (non-hydrogen) atoms. The summed E-state index contributed by atoms with van der Waals surface area (Å²) < 4.78 is 0. The van der Waals surface area contributed by atoms with E-state index in [0.717, 1.165) is 22.0 Å². The summed E-state index contributed by atoms with van der Waals surface area (Å²) in [5.74, 6) is -8.46. The molecule has 2 aliphatic rings. The van der Waals surface area contributed by atoms with Gasteiger partial charge < -0.3 is 30.8 Å². The number of nitrogens with one attached hydrogen (secondary N) is 1. The van der Waals surface area contributed by atoms with E-state index in [9.17, 15) is 53.7 Å². The van der Waals surface area contributed by atoms with Crippen LogP contribution in [0.4, 0.5) is 5.69 Å². The molecule has 0 bridgehead atoms. The zero-order chi connectivity index (χ0) is 34.9. The van der Waals surface area contributed by atoms with Gasteiger partial charge in [-0.3, -0.25) is 58.0 Å². The Balaban J connectivity index is 1.80. The van der Waals surface area contributed by atoms with Crippen molar-refractivity contribution < 1.29 is 63.9 Å². The number of carbonyl (C=O) groups is 8. The fourth-order valence-electron chi connectivity index (χ4n) is 5.60. The Labute approximate surface area is 267 Å². The predicted molar refractivity (Wildman–Crippen MR) is 158 cm³/mol. The van der Waals surface area contributed by atoms with Gasteiger partial charge in [0, 0.05) is 61.9 Å². The SMILES string of the molecule is O=C(O)CN(CCN(CC(=O)O)CC1(N(CC(=O)O)CC(=O)O)CC1c1ccc(NC(=O)CCN2C(=O)C=CC2=O)cc1)CC(=O)O. The number of hydrogen-bond acceptors (Lipinski definition) is 11. The van der Waals surface area contributed by atoms with Crippen molar-refractivity contribution >= 4 is 53.3 Å². The van der Waals surface area contributed by atoms with Crippen molar-refractivity contribution in [1.82, 2.24) is 19.6 Å². The molecule has 18 nitrogen and oxygen atoms in total. The molecule has 1 aromatic rings. The fourth-order valence-corrected chi connectivity index (χ4v) is 5.60. The second kappa shape index (κ2) is 15.9.